The van der Waals surface area contributed by atoms with E-state index in [1.54, 1.807) is 12.5 Å². The van der Waals surface area contributed by atoms with Crippen LogP contribution in [0.1, 0.15) is 119 Å². The summed E-state index contributed by atoms with van der Waals surface area (Å²) in [5.74, 6) is 5.02. The van der Waals surface area contributed by atoms with E-state index in [9.17, 15) is 9.59 Å². The van der Waals surface area contributed by atoms with Crippen molar-refractivity contribution in [1.82, 2.24) is 5.32 Å². The van der Waals surface area contributed by atoms with Gasteiger partial charge in [0.1, 0.15) is 12.2 Å². The monoisotopic (exact) mass is 553 g/mol. The van der Waals surface area contributed by atoms with Gasteiger partial charge in [0, 0.05) is 38.6 Å². The van der Waals surface area contributed by atoms with E-state index in [1.807, 2.05) is 0 Å². The maximum atomic E-state index is 12.4. The minimum absolute atomic E-state index is 0.00695. The van der Waals surface area contributed by atoms with Crippen molar-refractivity contribution in [2.24, 2.45) is 46.3 Å². The molecule has 3 saturated carbocycles. The fourth-order valence-electron chi connectivity index (χ4n) is 9.76. The van der Waals surface area contributed by atoms with Gasteiger partial charge in [-0.05, 0) is 104 Å². The summed E-state index contributed by atoms with van der Waals surface area (Å²) < 4.78 is 12.7. The first-order chi connectivity index (χ1) is 18.9. The normalized spacial score (nSPS) is 39.0. The molecule has 0 unspecified atom stereocenters. The van der Waals surface area contributed by atoms with E-state index in [2.05, 4.69) is 52.9 Å². The van der Waals surface area contributed by atoms with Crippen LogP contribution >= 0.6 is 0 Å². The van der Waals surface area contributed by atoms with Gasteiger partial charge in [0.25, 0.3) is 0 Å². The van der Waals surface area contributed by atoms with Crippen molar-refractivity contribution in [3.8, 4) is 0 Å². The topological polar surface area (TPSA) is 64.6 Å². The van der Waals surface area contributed by atoms with Gasteiger partial charge in [0.15, 0.2) is 0 Å². The molecule has 5 heteroatoms. The van der Waals surface area contributed by atoms with E-state index in [4.69, 9.17) is 9.47 Å². The Morgan fingerprint density at radius 3 is 2.62 bits per heavy atom. The molecular weight excluding hydrogens is 498 g/mol. The van der Waals surface area contributed by atoms with Crippen LogP contribution in [0.4, 0.5) is 0 Å². The molecule has 0 bridgehead atoms. The van der Waals surface area contributed by atoms with Gasteiger partial charge in [-0.15, -0.1) is 0 Å². The molecule has 0 aromatic carbocycles. The summed E-state index contributed by atoms with van der Waals surface area (Å²) in [6, 6.07) is 0. The lowest BCUT2D eigenvalue weighted by Gasteiger charge is -2.58. The number of allylic oxidation sites excluding steroid dienone is 2. The number of fused-ring (bicyclic) bond motifs is 7. The number of carbonyl (C=O) groups is 2. The van der Waals surface area contributed by atoms with E-state index in [1.165, 1.54) is 37.0 Å². The van der Waals surface area contributed by atoms with Gasteiger partial charge in [-0.3, -0.25) is 9.59 Å². The number of amides is 1. The molecule has 224 valence electrons. The second-order valence-electron chi connectivity index (χ2n) is 15.1. The Bertz CT molecular complexity index is 1040. The second kappa shape index (κ2) is 11.5. The van der Waals surface area contributed by atoms with Crippen LogP contribution in [0.3, 0.4) is 0 Å². The van der Waals surface area contributed by atoms with Crippen LogP contribution in [-0.4, -0.2) is 30.6 Å². The molecule has 0 aromatic rings. The molecule has 5 nitrogen and oxygen atoms in total. The van der Waals surface area contributed by atoms with Crippen LogP contribution in [0.2, 0.25) is 0 Å². The van der Waals surface area contributed by atoms with Crippen LogP contribution in [-0.2, 0) is 19.1 Å². The Morgan fingerprint density at radius 2 is 1.90 bits per heavy atom. The maximum absolute atomic E-state index is 12.4. The maximum Gasteiger partial charge on any atom is 0.306 e. The highest BCUT2D eigenvalue weighted by molar-refractivity contribution is 5.72. The highest BCUT2D eigenvalue weighted by Crippen LogP contribution is 2.69. The third-order valence-corrected chi connectivity index (χ3v) is 12.1. The minimum atomic E-state index is -0.00695. The van der Waals surface area contributed by atoms with Gasteiger partial charge < -0.3 is 14.8 Å². The molecule has 0 spiro atoms. The molecule has 9 atom stereocenters. The SMILES string of the molecule is CC(=O)NC[C@H](C)CCC1=C(C)[C@@H]2[C@H](C[C@@H]3[C@@H]4CC=C5C[C@@H](OC(=O)CCC(C)C)CC[C@]5(C)[C@H]4CC[C@@]32C)O1. The molecule has 5 rings (SSSR count). The molecule has 0 saturated heterocycles. The molecular formula is C35H55NO4. The summed E-state index contributed by atoms with van der Waals surface area (Å²) in [5.41, 5.74) is 3.67. The number of rotatable bonds is 9. The third kappa shape index (κ3) is 5.52. The van der Waals surface area contributed by atoms with Gasteiger partial charge in [-0.1, -0.05) is 46.3 Å². The number of esters is 1. The average Bonchev–Trinajstić information content (AvgIpc) is 3.38. The van der Waals surface area contributed by atoms with Crippen LogP contribution in [0.25, 0.3) is 0 Å². The molecule has 5 aliphatic rings. The summed E-state index contributed by atoms with van der Waals surface area (Å²) in [5, 5.41) is 2.96. The Balaban J connectivity index is 1.23. The summed E-state index contributed by atoms with van der Waals surface area (Å²) in [7, 11) is 0. The largest absolute Gasteiger partial charge is 0.494 e. The number of hydrogen-bond donors (Lipinski definition) is 1. The second-order valence-corrected chi connectivity index (χ2v) is 15.1. The Hall–Kier alpha value is -1.78. The van der Waals surface area contributed by atoms with Crippen LogP contribution in [0, 0.1) is 46.3 Å². The fraction of sp³-hybridized carbons (Fsp3) is 0.829. The smallest absolute Gasteiger partial charge is 0.306 e. The van der Waals surface area contributed by atoms with Crippen molar-refractivity contribution in [3.05, 3.63) is 23.0 Å². The molecule has 0 aromatic heterocycles. The van der Waals surface area contributed by atoms with E-state index >= 15 is 0 Å². The van der Waals surface area contributed by atoms with Crippen LogP contribution in [0.15, 0.2) is 23.0 Å². The minimum Gasteiger partial charge on any atom is -0.494 e. The van der Waals surface area contributed by atoms with E-state index < -0.39 is 0 Å². The van der Waals surface area contributed by atoms with Gasteiger partial charge in [-0.2, -0.15) is 0 Å². The summed E-state index contributed by atoms with van der Waals surface area (Å²) >= 11 is 0. The van der Waals surface area contributed by atoms with Crippen molar-refractivity contribution < 1.29 is 19.1 Å². The molecule has 1 aliphatic heterocycles. The zero-order chi connectivity index (χ0) is 28.8. The number of carbonyl (C=O) groups excluding carboxylic acids is 2. The zero-order valence-electron chi connectivity index (χ0n) is 26.3. The van der Waals surface area contributed by atoms with Gasteiger partial charge in [0.2, 0.25) is 5.91 Å². The highest BCUT2D eigenvalue weighted by atomic mass is 16.5. The van der Waals surface area contributed by atoms with Gasteiger partial charge in [0.05, 0.1) is 5.76 Å². The van der Waals surface area contributed by atoms with Gasteiger partial charge >= 0.3 is 5.97 Å². The van der Waals surface area contributed by atoms with E-state index in [0.29, 0.717) is 35.7 Å². The quantitative estimate of drug-likeness (QED) is 0.234. The number of hydrogen-bond acceptors (Lipinski definition) is 4. The van der Waals surface area contributed by atoms with Crippen molar-refractivity contribution in [2.45, 2.75) is 131 Å². The first-order valence-corrected chi connectivity index (χ1v) is 16.4. The summed E-state index contributed by atoms with van der Waals surface area (Å²) in [6.07, 6.45) is 14.5. The first kappa shape index (κ1) is 29.7. The van der Waals surface area contributed by atoms with Gasteiger partial charge in [-0.25, -0.2) is 0 Å². The van der Waals surface area contributed by atoms with Crippen LogP contribution < -0.4 is 5.32 Å². The molecule has 3 fully saturated rings. The Labute approximate surface area is 243 Å². The molecule has 40 heavy (non-hydrogen) atoms. The predicted molar refractivity (Wildman–Crippen MR) is 159 cm³/mol. The molecule has 1 amide bonds. The summed E-state index contributed by atoms with van der Waals surface area (Å²) in [6.45, 7) is 16.3. The average molecular weight is 554 g/mol. The van der Waals surface area contributed by atoms with E-state index in [-0.39, 0.29) is 23.4 Å². The number of nitrogens with one attached hydrogen (secondary N) is 1. The Morgan fingerprint density at radius 1 is 1.12 bits per heavy atom. The predicted octanol–water partition coefficient (Wildman–Crippen LogP) is 7.75. The fourth-order valence-corrected chi connectivity index (χ4v) is 9.76. The molecule has 1 heterocycles. The standard InChI is InChI=1S/C35H55NO4/c1-21(2)8-13-32(38)39-26-14-16-34(6)25(18-26)10-11-27-28(34)15-17-35(7)29(27)19-31-33(35)23(4)30(40-31)12-9-22(3)20-36-24(5)37/h10,21-22,26-29,31,33H,8-9,11-20H2,1-7H3,(H,36,37)/t22-,26+,27-,28+,29-,31+,33-,34+,35+/m1/s1. The lowest BCUT2D eigenvalue weighted by atomic mass is 9.47. The van der Waals surface area contributed by atoms with Crippen LogP contribution in [0.5, 0.6) is 0 Å². The first-order valence-electron chi connectivity index (χ1n) is 16.4. The van der Waals surface area contributed by atoms with Crippen molar-refractivity contribution in [2.75, 3.05) is 6.54 Å². The van der Waals surface area contributed by atoms with Crippen molar-refractivity contribution in [3.63, 3.8) is 0 Å². The third-order valence-electron chi connectivity index (χ3n) is 12.1. The molecule has 4 aliphatic carbocycles. The van der Waals surface area contributed by atoms with Crippen molar-refractivity contribution >= 4 is 11.9 Å². The molecule has 0 radical (unpaired) electrons. The highest BCUT2D eigenvalue weighted by Gasteiger charge is 2.63. The zero-order valence-corrected chi connectivity index (χ0v) is 26.3. The van der Waals surface area contributed by atoms with E-state index in [0.717, 1.165) is 62.8 Å². The Kier molecular flexibility index (Phi) is 8.52. The lowest BCUT2D eigenvalue weighted by Crippen LogP contribution is -2.50. The summed E-state index contributed by atoms with van der Waals surface area (Å²) in [4.78, 5) is 23.7. The van der Waals surface area contributed by atoms with Crippen molar-refractivity contribution in [1.29, 1.82) is 0 Å². The molecule has 1 N–H and O–H groups in total. The number of ether oxygens (including phenoxy) is 2. The lowest BCUT2D eigenvalue weighted by molar-refractivity contribution is -0.151.